The molecule has 0 spiro atoms. The molecule has 0 saturated carbocycles. The summed E-state index contributed by atoms with van der Waals surface area (Å²) in [5.74, 6) is -1.07. The Bertz CT molecular complexity index is 772. The minimum absolute atomic E-state index is 0.354. The molecule has 1 aromatic carbocycles. The summed E-state index contributed by atoms with van der Waals surface area (Å²) in [7, 11) is 1.47. The number of pyridine rings is 1. The van der Waals surface area contributed by atoms with Crippen LogP contribution in [0, 0.1) is 5.82 Å². The predicted molar refractivity (Wildman–Crippen MR) is 99.0 cm³/mol. The van der Waals surface area contributed by atoms with E-state index < -0.39 is 17.8 Å². The number of nitrogens with zero attached hydrogens (tertiary/aromatic N) is 3. The third-order valence-corrected chi connectivity index (χ3v) is 4.86. The van der Waals surface area contributed by atoms with Gasteiger partial charge in [0.05, 0.1) is 7.11 Å². The molecule has 6 nitrogen and oxygen atoms in total. The van der Waals surface area contributed by atoms with E-state index in [1.807, 2.05) is 17.0 Å². The molecule has 27 heavy (non-hydrogen) atoms. The molecule has 0 amide bonds. The zero-order valence-corrected chi connectivity index (χ0v) is 15.3. The lowest BCUT2D eigenvalue weighted by molar-refractivity contribution is -0.143. The van der Waals surface area contributed by atoms with Gasteiger partial charge in [-0.15, -0.1) is 0 Å². The Morgan fingerprint density at radius 1 is 1.22 bits per heavy atom. The van der Waals surface area contributed by atoms with E-state index in [9.17, 15) is 14.3 Å². The standard InChI is InChI=1S/C20H24FN3O3/c1-27-18-4-3-16(21)13-17(18)19(20(25)26)24-10-2-9-23(11-12-24)14-15-5-7-22-8-6-15/h3-8,13,19H,2,9-12,14H2,1H3,(H,25,26)/t19-/m1/s1. The Kier molecular flexibility index (Phi) is 6.36. The fourth-order valence-electron chi connectivity index (χ4n) is 3.56. The lowest BCUT2D eigenvalue weighted by Gasteiger charge is -2.29. The molecule has 1 N–H and O–H groups in total. The van der Waals surface area contributed by atoms with Crippen molar-refractivity contribution in [2.45, 2.75) is 19.0 Å². The van der Waals surface area contributed by atoms with Gasteiger partial charge in [0.15, 0.2) is 0 Å². The summed E-state index contributed by atoms with van der Waals surface area (Å²) in [5, 5.41) is 9.84. The van der Waals surface area contributed by atoms with Gasteiger partial charge in [-0.3, -0.25) is 19.6 Å². The van der Waals surface area contributed by atoms with Gasteiger partial charge in [0.1, 0.15) is 17.6 Å². The van der Waals surface area contributed by atoms with Crippen LogP contribution in [0.1, 0.15) is 23.6 Å². The molecule has 0 unspecified atom stereocenters. The van der Waals surface area contributed by atoms with E-state index in [0.29, 0.717) is 24.4 Å². The second kappa shape index (κ2) is 8.92. The van der Waals surface area contributed by atoms with Gasteiger partial charge in [-0.1, -0.05) is 0 Å². The first kappa shape index (κ1) is 19.3. The van der Waals surface area contributed by atoms with Crippen LogP contribution in [0.2, 0.25) is 0 Å². The van der Waals surface area contributed by atoms with Gasteiger partial charge in [0, 0.05) is 44.1 Å². The van der Waals surface area contributed by atoms with Crippen LogP contribution in [0.25, 0.3) is 0 Å². The zero-order chi connectivity index (χ0) is 19.2. The monoisotopic (exact) mass is 373 g/mol. The second-order valence-electron chi connectivity index (χ2n) is 6.65. The van der Waals surface area contributed by atoms with Crippen molar-refractivity contribution in [1.82, 2.24) is 14.8 Å². The van der Waals surface area contributed by atoms with Crippen LogP contribution >= 0.6 is 0 Å². The number of rotatable bonds is 6. The summed E-state index contributed by atoms with van der Waals surface area (Å²) in [5.41, 5.74) is 1.53. The van der Waals surface area contributed by atoms with Gasteiger partial charge >= 0.3 is 5.97 Å². The van der Waals surface area contributed by atoms with Crippen molar-refractivity contribution in [3.63, 3.8) is 0 Å². The average molecular weight is 373 g/mol. The number of aliphatic carboxylic acids is 1. The van der Waals surface area contributed by atoms with Gasteiger partial charge in [-0.05, 0) is 48.9 Å². The molecule has 1 aromatic heterocycles. The van der Waals surface area contributed by atoms with Crippen molar-refractivity contribution in [3.05, 3.63) is 59.7 Å². The maximum atomic E-state index is 13.8. The van der Waals surface area contributed by atoms with Crippen LogP contribution in [-0.2, 0) is 11.3 Å². The van der Waals surface area contributed by atoms with Crippen molar-refractivity contribution < 1.29 is 19.0 Å². The minimum Gasteiger partial charge on any atom is -0.496 e. The lowest BCUT2D eigenvalue weighted by atomic mass is 10.0. The minimum atomic E-state index is -0.999. The van der Waals surface area contributed by atoms with Gasteiger partial charge in [0.2, 0.25) is 0 Å². The van der Waals surface area contributed by atoms with E-state index in [1.165, 1.54) is 30.9 Å². The molecule has 0 aliphatic carbocycles. The average Bonchev–Trinajstić information content (AvgIpc) is 2.88. The quantitative estimate of drug-likeness (QED) is 0.840. The third kappa shape index (κ3) is 4.81. The highest BCUT2D eigenvalue weighted by atomic mass is 19.1. The number of hydrogen-bond acceptors (Lipinski definition) is 5. The van der Waals surface area contributed by atoms with E-state index in [-0.39, 0.29) is 0 Å². The SMILES string of the molecule is COc1ccc(F)cc1[C@H](C(=O)O)N1CCCN(Cc2ccncc2)CC1. The van der Waals surface area contributed by atoms with Gasteiger partial charge in [-0.2, -0.15) is 0 Å². The number of halogens is 1. The number of carboxylic acids is 1. The molecule has 144 valence electrons. The Morgan fingerprint density at radius 3 is 2.70 bits per heavy atom. The maximum Gasteiger partial charge on any atom is 0.325 e. The molecule has 0 radical (unpaired) electrons. The van der Waals surface area contributed by atoms with Crippen molar-refractivity contribution in [3.8, 4) is 5.75 Å². The third-order valence-electron chi connectivity index (χ3n) is 4.86. The zero-order valence-electron chi connectivity index (χ0n) is 15.3. The number of methoxy groups -OCH3 is 1. The van der Waals surface area contributed by atoms with Gasteiger partial charge in [-0.25, -0.2) is 4.39 Å². The van der Waals surface area contributed by atoms with Gasteiger partial charge < -0.3 is 9.84 Å². The first-order valence-electron chi connectivity index (χ1n) is 9.00. The van der Waals surface area contributed by atoms with Crippen molar-refractivity contribution >= 4 is 5.97 Å². The molecule has 0 bridgehead atoms. The first-order chi connectivity index (χ1) is 13.1. The predicted octanol–water partition coefficient (Wildman–Crippen LogP) is 2.56. The molecular formula is C20H24FN3O3. The van der Waals surface area contributed by atoms with Crippen LogP contribution in [0.5, 0.6) is 5.75 Å². The maximum absolute atomic E-state index is 13.8. The van der Waals surface area contributed by atoms with Crippen LogP contribution in [0.15, 0.2) is 42.7 Å². The second-order valence-corrected chi connectivity index (χ2v) is 6.65. The molecule has 2 aromatic rings. The van der Waals surface area contributed by atoms with Crippen molar-refractivity contribution in [2.24, 2.45) is 0 Å². The van der Waals surface area contributed by atoms with Crippen molar-refractivity contribution in [1.29, 1.82) is 0 Å². The van der Waals surface area contributed by atoms with Crippen LogP contribution in [-0.4, -0.2) is 59.1 Å². The number of ether oxygens (including phenoxy) is 1. The van der Waals surface area contributed by atoms with E-state index in [4.69, 9.17) is 4.74 Å². The highest BCUT2D eigenvalue weighted by molar-refractivity contribution is 5.76. The summed E-state index contributed by atoms with van der Waals surface area (Å²) in [6.07, 6.45) is 4.39. The van der Waals surface area contributed by atoms with E-state index in [2.05, 4.69) is 9.88 Å². The van der Waals surface area contributed by atoms with Crippen LogP contribution < -0.4 is 4.74 Å². The largest absolute Gasteiger partial charge is 0.496 e. The molecule has 3 rings (SSSR count). The lowest BCUT2D eigenvalue weighted by Crippen LogP contribution is -2.37. The normalized spacial score (nSPS) is 17.3. The van der Waals surface area contributed by atoms with Crippen LogP contribution in [0.3, 0.4) is 0 Å². The van der Waals surface area contributed by atoms with Crippen molar-refractivity contribution in [2.75, 3.05) is 33.3 Å². The fraction of sp³-hybridized carbons (Fsp3) is 0.400. The molecule has 2 heterocycles. The molecule has 1 aliphatic rings. The van der Waals surface area contributed by atoms with E-state index in [0.717, 1.165) is 26.1 Å². The molecule has 7 heteroatoms. The Balaban J connectivity index is 1.76. The molecule has 1 saturated heterocycles. The van der Waals surface area contributed by atoms with E-state index >= 15 is 0 Å². The molecule has 1 fully saturated rings. The smallest absolute Gasteiger partial charge is 0.325 e. The fourth-order valence-corrected chi connectivity index (χ4v) is 3.56. The number of carboxylic acid groups (broad SMARTS) is 1. The Labute approximate surface area is 158 Å². The summed E-state index contributed by atoms with van der Waals surface area (Å²) in [4.78, 5) is 20.3. The highest BCUT2D eigenvalue weighted by Gasteiger charge is 2.31. The highest BCUT2D eigenvalue weighted by Crippen LogP contribution is 2.31. The van der Waals surface area contributed by atoms with Gasteiger partial charge in [0.25, 0.3) is 0 Å². The summed E-state index contributed by atoms with van der Waals surface area (Å²) < 4.78 is 19.1. The Hall–Kier alpha value is -2.51. The molecule has 1 atom stereocenters. The summed E-state index contributed by atoms with van der Waals surface area (Å²) >= 11 is 0. The number of hydrogen-bond donors (Lipinski definition) is 1. The first-order valence-corrected chi connectivity index (χ1v) is 9.00. The molecule has 1 aliphatic heterocycles. The summed E-state index contributed by atoms with van der Waals surface area (Å²) in [6, 6.07) is 7.06. The topological polar surface area (TPSA) is 65.9 Å². The van der Waals surface area contributed by atoms with Crippen LogP contribution in [0.4, 0.5) is 4.39 Å². The number of aromatic nitrogens is 1. The summed E-state index contributed by atoms with van der Waals surface area (Å²) in [6.45, 7) is 3.64. The molecular weight excluding hydrogens is 349 g/mol. The Morgan fingerprint density at radius 2 is 2.00 bits per heavy atom. The number of benzene rings is 1. The van der Waals surface area contributed by atoms with E-state index in [1.54, 1.807) is 12.4 Å². The number of carbonyl (C=O) groups is 1.